The molecule has 1 N–H and O–H groups in total. The minimum absolute atomic E-state index is 0.142. The van der Waals surface area contributed by atoms with Gasteiger partial charge in [0, 0.05) is 10.9 Å². The first-order chi connectivity index (χ1) is 11.3. The quantitative estimate of drug-likeness (QED) is 0.740. The molecule has 0 radical (unpaired) electrons. The molecule has 0 aliphatic carbocycles. The lowest BCUT2D eigenvalue weighted by Crippen LogP contribution is -2.04. The zero-order valence-corrected chi connectivity index (χ0v) is 14.4. The largest absolute Gasteiger partial charge is 0.465 e. The van der Waals surface area contributed by atoms with Crippen LogP contribution in [0.2, 0.25) is 0 Å². The highest BCUT2D eigenvalue weighted by atomic mass is 32.2. The van der Waals surface area contributed by atoms with Crippen molar-refractivity contribution in [2.45, 2.75) is 23.8 Å². The average molecular weight is 343 g/mol. The van der Waals surface area contributed by atoms with Crippen LogP contribution in [0.25, 0.3) is 10.9 Å². The first-order valence-corrected chi connectivity index (χ1v) is 8.85. The van der Waals surface area contributed by atoms with Gasteiger partial charge in [0.2, 0.25) is 9.84 Å². The minimum Gasteiger partial charge on any atom is -0.465 e. The third kappa shape index (κ3) is 2.59. The summed E-state index contributed by atoms with van der Waals surface area (Å²) in [5.41, 5.74) is 2.57. The van der Waals surface area contributed by atoms with Crippen LogP contribution in [0, 0.1) is 13.8 Å². The molecule has 0 aliphatic rings. The number of fused-ring (bicyclic) bond motifs is 1. The van der Waals surface area contributed by atoms with E-state index in [-0.39, 0.29) is 9.92 Å². The highest BCUT2D eigenvalue weighted by Crippen LogP contribution is 2.30. The second kappa shape index (κ2) is 5.79. The van der Waals surface area contributed by atoms with Crippen molar-refractivity contribution in [3.63, 3.8) is 0 Å². The molecule has 0 atom stereocenters. The summed E-state index contributed by atoms with van der Waals surface area (Å²) in [6, 6.07) is 11.7. The van der Waals surface area contributed by atoms with Gasteiger partial charge in [-0.3, -0.25) is 0 Å². The number of carbonyl (C=O) groups excluding carboxylic acids is 1. The van der Waals surface area contributed by atoms with Crippen LogP contribution in [0.4, 0.5) is 0 Å². The van der Waals surface area contributed by atoms with E-state index in [9.17, 15) is 13.2 Å². The monoisotopic (exact) mass is 343 g/mol. The lowest BCUT2D eigenvalue weighted by molar-refractivity contribution is 0.0601. The molecule has 3 rings (SSSR count). The van der Waals surface area contributed by atoms with E-state index in [0.717, 1.165) is 10.9 Å². The maximum atomic E-state index is 12.9. The number of nitrogens with one attached hydrogen (secondary N) is 1. The van der Waals surface area contributed by atoms with Crippen molar-refractivity contribution >= 4 is 26.7 Å². The summed E-state index contributed by atoms with van der Waals surface area (Å²) in [5.74, 6) is -0.466. The minimum atomic E-state index is -3.66. The van der Waals surface area contributed by atoms with E-state index in [1.165, 1.54) is 7.11 Å². The first-order valence-electron chi connectivity index (χ1n) is 7.37. The number of aromatic nitrogens is 1. The topological polar surface area (TPSA) is 76.2 Å². The predicted octanol–water partition coefficient (Wildman–Crippen LogP) is 3.40. The van der Waals surface area contributed by atoms with Crippen molar-refractivity contribution in [3.05, 3.63) is 59.2 Å². The molecule has 124 valence electrons. The second-order valence-electron chi connectivity index (χ2n) is 5.65. The average Bonchev–Trinajstić information content (AvgIpc) is 2.91. The summed E-state index contributed by atoms with van der Waals surface area (Å²) in [5, 5.41) is 0.900. The Kier molecular flexibility index (Phi) is 3.93. The molecule has 0 saturated carbocycles. The Morgan fingerprint density at radius 2 is 1.71 bits per heavy atom. The van der Waals surface area contributed by atoms with Crippen molar-refractivity contribution in [1.29, 1.82) is 0 Å². The number of hydrogen-bond donors (Lipinski definition) is 1. The van der Waals surface area contributed by atoms with Gasteiger partial charge in [-0.05, 0) is 43.7 Å². The Hall–Kier alpha value is -2.60. The zero-order chi connectivity index (χ0) is 17.5. The van der Waals surface area contributed by atoms with Gasteiger partial charge in [-0.25, -0.2) is 13.2 Å². The predicted molar refractivity (Wildman–Crippen MR) is 91.0 cm³/mol. The zero-order valence-electron chi connectivity index (χ0n) is 13.6. The Labute approximate surface area is 140 Å². The number of H-pyrrole nitrogens is 1. The maximum Gasteiger partial charge on any atom is 0.337 e. The smallest absolute Gasteiger partial charge is 0.337 e. The number of benzene rings is 2. The van der Waals surface area contributed by atoms with Crippen LogP contribution in [-0.4, -0.2) is 26.5 Å². The molecule has 2 aromatic carbocycles. The molecule has 1 aromatic heterocycles. The van der Waals surface area contributed by atoms with Crippen molar-refractivity contribution in [3.8, 4) is 0 Å². The molecule has 0 fully saturated rings. The number of hydrogen-bond acceptors (Lipinski definition) is 4. The van der Waals surface area contributed by atoms with Gasteiger partial charge in [0.1, 0.15) is 5.03 Å². The van der Waals surface area contributed by atoms with Gasteiger partial charge in [-0.2, -0.15) is 0 Å². The Balaban J connectivity index is 2.17. The van der Waals surface area contributed by atoms with Gasteiger partial charge in [-0.15, -0.1) is 0 Å². The van der Waals surface area contributed by atoms with E-state index >= 15 is 0 Å². The van der Waals surface area contributed by atoms with Crippen molar-refractivity contribution < 1.29 is 17.9 Å². The van der Waals surface area contributed by atoms with Gasteiger partial charge in [0.15, 0.2) is 0 Å². The lowest BCUT2D eigenvalue weighted by atomic mass is 10.1. The van der Waals surface area contributed by atoms with Crippen LogP contribution in [0.5, 0.6) is 0 Å². The Morgan fingerprint density at radius 1 is 1.04 bits per heavy atom. The molecule has 0 unspecified atom stereocenters. The van der Waals surface area contributed by atoms with Crippen molar-refractivity contribution in [1.82, 2.24) is 4.98 Å². The molecular weight excluding hydrogens is 326 g/mol. The molecular formula is C18H17NO4S. The molecule has 0 saturated heterocycles. The number of aryl methyl sites for hydroxylation is 2. The van der Waals surface area contributed by atoms with E-state index in [4.69, 9.17) is 4.74 Å². The van der Waals surface area contributed by atoms with E-state index in [0.29, 0.717) is 16.6 Å². The van der Waals surface area contributed by atoms with Gasteiger partial charge >= 0.3 is 5.97 Å². The van der Waals surface area contributed by atoms with Crippen LogP contribution in [0.15, 0.2) is 52.4 Å². The van der Waals surface area contributed by atoms with E-state index in [1.807, 2.05) is 6.92 Å². The summed E-state index contributed by atoms with van der Waals surface area (Å²) in [4.78, 5) is 14.8. The van der Waals surface area contributed by atoms with Crippen molar-refractivity contribution in [2.75, 3.05) is 7.11 Å². The van der Waals surface area contributed by atoms with E-state index < -0.39 is 15.8 Å². The fourth-order valence-electron chi connectivity index (χ4n) is 2.66. The number of aromatic amines is 1. The first kappa shape index (κ1) is 16.3. The maximum absolute atomic E-state index is 12.9. The number of rotatable bonds is 3. The summed E-state index contributed by atoms with van der Waals surface area (Å²) in [6.07, 6.45) is 0. The van der Waals surface area contributed by atoms with E-state index in [1.54, 1.807) is 49.4 Å². The standard InChI is InChI=1S/C18H17NO4S/c1-11-4-7-14(8-5-11)24(21,22)17-12(2)15-9-6-13(18(20)23-3)10-16(15)19-17/h4-10,19H,1-3H3. The number of ether oxygens (including phenoxy) is 1. The molecule has 5 nitrogen and oxygen atoms in total. The molecule has 24 heavy (non-hydrogen) atoms. The summed E-state index contributed by atoms with van der Waals surface area (Å²) >= 11 is 0. The number of methoxy groups -OCH3 is 1. The highest BCUT2D eigenvalue weighted by molar-refractivity contribution is 7.91. The fraction of sp³-hybridized carbons (Fsp3) is 0.167. The van der Waals surface area contributed by atoms with Crippen molar-refractivity contribution in [2.24, 2.45) is 0 Å². The molecule has 0 bridgehead atoms. The Morgan fingerprint density at radius 3 is 2.33 bits per heavy atom. The Bertz CT molecular complexity index is 1030. The van der Waals surface area contributed by atoms with Crippen LogP contribution in [0.1, 0.15) is 21.5 Å². The SMILES string of the molecule is COC(=O)c1ccc2c(C)c(S(=O)(=O)c3ccc(C)cc3)[nH]c2c1. The van der Waals surface area contributed by atoms with Gasteiger partial charge < -0.3 is 9.72 Å². The van der Waals surface area contributed by atoms with Crippen LogP contribution in [0.3, 0.4) is 0 Å². The molecule has 6 heteroatoms. The van der Waals surface area contributed by atoms with Crippen LogP contribution >= 0.6 is 0 Å². The normalized spacial score (nSPS) is 11.6. The third-order valence-electron chi connectivity index (χ3n) is 4.03. The van der Waals surface area contributed by atoms with Gasteiger partial charge in [0.05, 0.1) is 17.6 Å². The number of carbonyl (C=O) groups is 1. The second-order valence-corrected chi connectivity index (χ2v) is 7.53. The lowest BCUT2D eigenvalue weighted by Gasteiger charge is -2.04. The number of esters is 1. The summed E-state index contributed by atoms with van der Waals surface area (Å²) in [6.45, 7) is 3.65. The fourth-order valence-corrected chi connectivity index (χ4v) is 4.15. The summed E-state index contributed by atoms with van der Waals surface area (Å²) < 4.78 is 30.5. The molecule has 0 aliphatic heterocycles. The highest BCUT2D eigenvalue weighted by Gasteiger charge is 2.23. The molecule has 3 aromatic rings. The number of sulfone groups is 1. The molecule has 0 spiro atoms. The molecule has 0 amide bonds. The van der Waals surface area contributed by atoms with E-state index in [2.05, 4.69) is 4.98 Å². The van der Waals surface area contributed by atoms with Gasteiger partial charge in [-0.1, -0.05) is 23.8 Å². The van der Waals surface area contributed by atoms with Crippen LogP contribution < -0.4 is 0 Å². The summed E-state index contributed by atoms with van der Waals surface area (Å²) in [7, 11) is -2.35. The van der Waals surface area contributed by atoms with Crippen LogP contribution in [-0.2, 0) is 14.6 Å². The molecule has 1 heterocycles. The third-order valence-corrected chi connectivity index (χ3v) is 5.87. The van der Waals surface area contributed by atoms with Gasteiger partial charge in [0.25, 0.3) is 0 Å².